The summed E-state index contributed by atoms with van der Waals surface area (Å²) in [6.45, 7) is 6.32. The van der Waals surface area contributed by atoms with E-state index in [4.69, 9.17) is 9.26 Å². The number of hydrogen-bond acceptors (Lipinski definition) is 10. The summed E-state index contributed by atoms with van der Waals surface area (Å²) in [7, 11) is 0. The highest BCUT2D eigenvalue weighted by Gasteiger charge is 2.24. The minimum atomic E-state index is -0.190. The number of nitrogens with zero attached hydrogens (tertiary/aromatic N) is 5. The first kappa shape index (κ1) is 23.1. The molecule has 1 saturated heterocycles. The fraction of sp³-hybridized carbons (Fsp3) is 0.381. The molecule has 3 heterocycles. The Kier molecular flexibility index (Phi) is 7.45. The van der Waals surface area contributed by atoms with Crippen LogP contribution in [0.3, 0.4) is 0 Å². The molecule has 33 heavy (non-hydrogen) atoms. The lowest BCUT2D eigenvalue weighted by atomic mass is 10.2. The Balaban J connectivity index is 1.19. The number of carbonyl (C=O) groups is 2. The van der Waals surface area contributed by atoms with Crippen LogP contribution in [0.2, 0.25) is 0 Å². The first-order valence-corrected chi connectivity index (χ1v) is 12.2. The third-order valence-corrected chi connectivity index (χ3v) is 7.02. The molecule has 1 aliphatic rings. The molecule has 0 atom stereocenters. The summed E-state index contributed by atoms with van der Waals surface area (Å²) in [5.41, 5.74) is 1.15. The Labute approximate surface area is 199 Å². The Morgan fingerprint density at radius 3 is 2.61 bits per heavy atom. The summed E-state index contributed by atoms with van der Waals surface area (Å²) >= 11 is 2.75. The first-order chi connectivity index (χ1) is 16.0. The van der Waals surface area contributed by atoms with Crippen LogP contribution in [0.1, 0.15) is 11.3 Å². The van der Waals surface area contributed by atoms with E-state index in [-0.39, 0.29) is 24.2 Å². The van der Waals surface area contributed by atoms with Crippen molar-refractivity contribution in [1.82, 2.24) is 20.3 Å². The lowest BCUT2D eigenvalue weighted by Crippen LogP contribution is -2.50. The van der Waals surface area contributed by atoms with E-state index >= 15 is 0 Å². The minimum Gasteiger partial charge on any atom is -0.484 e. The molecular weight excluding hydrogens is 464 g/mol. The van der Waals surface area contributed by atoms with E-state index in [0.717, 1.165) is 10.7 Å². The highest BCUT2D eigenvalue weighted by molar-refractivity contribution is 8.01. The first-order valence-electron chi connectivity index (χ1n) is 10.4. The molecule has 0 aliphatic carbocycles. The minimum absolute atomic E-state index is 0.0264. The zero-order valence-electron chi connectivity index (χ0n) is 18.3. The zero-order valence-corrected chi connectivity index (χ0v) is 19.9. The maximum Gasteiger partial charge on any atom is 0.260 e. The fourth-order valence-electron chi connectivity index (χ4n) is 3.14. The largest absolute Gasteiger partial charge is 0.484 e. The monoisotopic (exact) mass is 488 g/mol. The standard InChI is InChI=1S/C21H24N6O4S2/c1-14-3-5-16(6-4-14)30-12-19(29)26-7-9-27(10-8-26)20-23-24-21(33-20)32-13-18(28)22-17-11-15(2)31-25-17/h3-6,11H,7-10,12-13H2,1-2H3,(H,22,25,28). The molecule has 2 aromatic heterocycles. The molecule has 4 rings (SSSR count). The lowest BCUT2D eigenvalue weighted by molar-refractivity contribution is -0.133. The number of aryl methyl sites for hydroxylation is 2. The van der Waals surface area contributed by atoms with Crippen LogP contribution in [-0.4, -0.2) is 70.6 Å². The number of amides is 2. The van der Waals surface area contributed by atoms with Crippen LogP contribution in [0.15, 0.2) is 39.2 Å². The van der Waals surface area contributed by atoms with Gasteiger partial charge in [-0.05, 0) is 26.0 Å². The second-order valence-corrected chi connectivity index (χ2v) is 9.66. The van der Waals surface area contributed by atoms with Crippen LogP contribution >= 0.6 is 23.1 Å². The van der Waals surface area contributed by atoms with Gasteiger partial charge in [-0.2, -0.15) is 0 Å². The van der Waals surface area contributed by atoms with Gasteiger partial charge in [0.15, 0.2) is 16.8 Å². The number of hydrogen-bond donors (Lipinski definition) is 1. The molecule has 1 aliphatic heterocycles. The molecule has 0 radical (unpaired) electrons. The fourth-order valence-corrected chi connectivity index (χ4v) is 4.83. The van der Waals surface area contributed by atoms with E-state index in [1.807, 2.05) is 31.2 Å². The lowest BCUT2D eigenvalue weighted by Gasteiger charge is -2.34. The molecule has 1 aromatic carbocycles. The Bertz CT molecular complexity index is 1090. The number of ether oxygens (including phenoxy) is 1. The number of anilines is 2. The highest BCUT2D eigenvalue weighted by atomic mass is 32.2. The van der Waals surface area contributed by atoms with Gasteiger partial charge in [-0.15, -0.1) is 10.2 Å². The number of rotatable bonds is 8. The van der Waals surface area contributed by atoms with Gasteiger partial charge in [-0.25, -0.2) is 0 Å². The van der Waals surface area contributed by atoms with Crippen LogP contribution < -0.4 is 15.0 Å². The average Bonchev–Trinajstić information content (AvgIpc) is 3.46. The molecule has 1 N–H and O–H groups in total. The number of nitrogens with one attached hydrogen (secondary N) is 1. The van der Waals surface area contributed by atoms with Crippen LogP contribution in [0, 0.1) is 13.8 Å². The molecule has 174 valence electrons. The topological polar surface area (TPSA) is 114 Å². The zero-order chi connectivity index (χ0) is 23.2. The van der Waals surface area contributed by atoms with Gasteiger partial charge in [0, 0.05) is 32.2 Å². The van der Waals surface area contributed by atoms with Gasteiger partial charge in [-0.1, -0.05) is 46.0 Å². The third-order valence-electron chi connectivity index (χ3n) is 4.90. The van der Waals surface area contributed by atoms with Gasteiger partial charge < -0.3 is 24.4 Å². The van der Waals surface area contributed by atoms with Crippen LogP contribution in [0.25, 0.3) is 0 Å². The van der Waals surface area contributed by atoms with Crippen molar-refractivity contribution in [3.8, 4) is 5.75 Å². The van der Waals surface area contributed by atoms with Gasteiger partial charge in [0.1, 0.15) is 11.5 Å². The molecule has 12 heteroatoms. The molecule has 3 aromatic rings. The molecule has 1 fully saturated rings. The SMILES string of the molecule is Cc1ccc(OCC(=O)N2CCN(c3nnc(SCC(=O)Nc4cc(C)on4)s3)CC2)cc1. The van der Waals surface area contributed by atoms with Gasteiger partial charge in [0.2, 0.25) is 11.0 Å². The van der Waals surface area contributed by atoms with Crippen molar-refractivity contribution < 1.29 is 18.8 Å². The van der Waals surface area contributed by atoms with Crippen molar-refractivity contribution in [3.63, 3.8) is 0 Å². The van der Waals surface area contributed by atoms with Gasteiger partial charge >= 0.3 is 0 Å². The molecule has 0 bridgehead atoms. The number of piperazine rings is 1. The molecule has 0 unspecified atom stereocenters. The molecule has 0 saturated carbocycles. The van der Waals surface area contributed by atoms with Crippen LogP contribution in [-0.2, 0) is 9.59 Å². The summed E-state index contributed by atoms with van der Waals surface area (Å²) in [4.78, 5) is 28.4. The predicted molar refractivity (Wildman–Crippen MR) is 126 cm³/mol. The van der Waals surface area contributed by atoms with Gasteiger partial charge in [0.05, 0.1) is 5.75 Å². The Hall–Kier alpha value is -3.12. The second kappa shape index (κ2) is 10.7. The van der Waals surface area contributed by atoms with E-state index in [0.29, 0.717) is 47.8 Å². The number of carbonyl (C=O) groups excluding carboxylic acids is 2. The van der Waals surface area contributed by atoms with E-state index in [9.17, 15) is 9.59 Å². The van der Waals surface area contributed by atoms with Crippen molar-refractivity contribution >= 4 is 45.9 Å². The smallest absolute Gasteiger partial charge is 0.260 e. The van der Waals surface area contributed by atoms with E-state index in [1.165, 1.54) is 23.1 Å². The summed E-state index contributed by atoms with van der Waals surface area (Å²) in [6, 6.07) is 9.30. The van der Waals surface area contributed by atoms with Crippen molar-refractivity contribution in [3.05, 3.63) is 41.7 Å². The summed E-state index contributed by atoms with van der Waals surface area (Å²) < 4.78 is 11.2. The third kappa shape index (κ3) is 6.45. The van der Waals surface area contributed by atoms with Gasteiger partial charge in [0.25, 0.3) is 5.91 Å². The Morgan fingerprint density at radius 2 is 1.91 bits per heavy atom. The van der Waals surface area contributed by atoms with Crippen molar-refractivity contribution in [1.29, 1.82) is 0 Å². The quantitative estimate of drug-likeness (QED) is 0.478. The van der Waals surface area contributed by atoms with E-state index in [1.54, 1.807) is 17.9 Å². The number of thioether (sulfide) groups is 1. The van der Waals surface area contributed by atoms with Crippen molar-refractivity contribution in [2.24, 2.45) is 0 Å². The normalized spacial score (nSPS) is 13.8. The van der Waals surface area contributed by atoms with Gasteiger partial charge in [-0.3, -0.25) is 9.59 Å². The predicted octanol–water partition coefficient (Wildman–Crippen LogP) is 2.60. The maximum absolute atomic E-state index is 12.5. The van der Waals surface area contributed by atoms with Crippen LogP contribution in [0.5, 0.6) is 5.75 Å². The molecular formula is C21H24N6O4S2. The maximum atomic E-state index is 12.5. The van der Waals surface area contributed by atoms with Crippen LogP contribution in [0.4, 0.5) is 10.9 Å². The number of aromatic nitrogens is 3. The molecule has 2 amide bonds. The second-order valence-electron chi connectivity index (χ2n) is 7.48. The van der Waals surface area contributed by atoms with Crippen molar-refractivity contribution in [2.45, 2.75) is 18.2 Å². The highest BCUT2D eigenvalue weighted by Crippen LogP contribution is 2.28. The summed E-state index contributed by atoms with van der Waals surface area (Å²) in [5, 5.41) is 15.6. The summed E-state index contributed by atoms with van der Waals surface area (Å²) in [6.07, 6.45) is 0. The van der Waals surface area contributed by atoms with E-state index < -0.39 is 0 Å². The Morgan fingerprint density at radius 1 is 1.15 bits per heavy atom. The van der Waals surface area contributed by atoms with Crippen molar-refractivity contribution in [2.75, 3.05) is 48.8 Å². The molecule has 0 spiro atoms. The van der Waals surface area contributed by atoms with E-state index in [2.05, 4.69) is 25.6 Å². The summed E-state index contributed by atoms with van der Waals surface area (Å²) in [5.74, 6) is 1.70. The molecule has 10 nitrogen and oxygen atoms in total. The number of benzene rings is 1. The average molecular weight is 489 g/mol.